The summed E-state index contributed by atoms with van der Waals surface area (Å²) < 4.78 is 11.8. The fourth-order valence-electron chi connectivity index (χ4n) is 1.97. The summed E-state index contributed by atoms with van der Waals surface area (Å²) in [5, 5.41) is 13.7. The van der Waals surface area contributed by atoms with E-state index in [1.54, 1.807) is 20.8 Å². The molecule has 1 N–H and O–H groups in total. The van der Waals surface area contributed by atoms with Crippen LogP contribution in [0.2, 0.25) is 5.02 Å². The zero-order valence-corrected chi connectivity index (χ0v) is 13.8. The van der Waals surface area contributed by atoms with Crippen molar-refractivity contribution in [3.05, 3.63) is 23.5 Å². The normalized spacial score (nSPS) is 11.3. The third-order valence-electron chi connectivity index (χ3n) is 2.78. The van der Waals surface area contributed by atoms with Gasteiger partial charge in [-0.15, -0.1) is 0 Å². The Morgan fingerprint density at radius 1 is 1.39 bits per heavy atom. The van der Waals surface area contributed by atoms with E-state index in [1.807, 2.05) is 0 Å². The van der Waals surface area contributed by atoms with Crippen LogP contribution in [0, 0.1) is 0 Å². The van der Waals surface area contributed by atoms with Crippen LogP contribution >= 0.6 is 11.6 Å². The summed E-state index contributed by atoms with van der Waals surface area (Å²) in [5.74, 6) is 0.100. The summed E-state index contributed by atoms with van der Waals surface area (Å²) in [4.78, 5) is 24.3. The van der Waals surface area contributed by atoms with Crippen LogP contribution in [0.4, 0.5) is 15.3 Å². The quantitative estimate of drug-likeness (QED) is 0.899. The second kappa shape index (κ2) is 5.96. The van der Waals surface area contributed by atoms with Gasteiger partial charge in [0.25, 0.3) is 0 Å². The predicted octanol–water partition coefficient (Wildman–Crippen LogP) is 3.42. The fraction of sp³-hybridized carbons (Fsp3) is 0.357. The van der Waals surface area contributed by atoms with Crippen molar-refractivity contribution in [3.8, 4) is 5.75 Å². The molecule has 0 fully saturated rings. The van der Waals surface area contributed by atoms with Crippen molar-refractivity contribution in [1.82, 2.24) is 9.61 Å². The first-order chi connectivity index (χ1) is 10.7. The summed E-state index contributed by atoms with van der Waals surface area (Å²) in [6.45, 7) is 4.91. The van der Waals surface area contributed by atoms with Gasteiger partial charge in [0.15, 0.2) is 5.75 Å². The zero-order valence-electron chi connectivity index (χ0n) is 13.0. The standard InChI is InChI=1S/C14H16ClN3O5/c1-14(2,3)23-13(21)18(12(19)20)9-5-6-17-10(11(9)22-4)8(15)7-16-17/h5-7H,1-4H3,(H,19,20). The number of rotatable bonds is 2. The molecule has 0 radical (unpaired) electrons. The predicted molar refractivity (Wildman–Crippen MR) is 83.5 cm³/mol. The molecule has 23 heavy (non-hydrogen) atoms. The second-order valence-electron chi connectivity index (χ2n) is 5.62. The lowest BCUT2D eigenvalue weighted by Crippen LogP contribution is -2.40. The van der Waals surface area contributed by atoms with Gasteiger partial charge in [-0.25, -0.2) is 14.1 Å². The zero-order chi connectivity index (χ0) is 17.4. The third-order valence-corrected chi connectivity index (χ3v) is 3.06. The van der Waals surface area contributed by atoms with Crippen LogP contribution in [0.1, 0.15) is 20.8 Å². The largest absolute Gasteiger partial charge is 0.492 e. The minimum Gasteiger partial charge on any atom is -0.492 e. The van der Waals surface area contributed by atoms with Gasteiger partial charge in [-0.2, -0.15) is 10.00 Å². The SMILES string of the molecule is COc1c(N(C(=O)O)C(=O)OC(C)(C)C)ccn2ncc(Cl)c12. The number of hydrogen-bond donors (Lipinski definition) is 1. The number of amides is 2. The first-order valence-corrected chi connectivity index (χ1v) is 6.99. The number of ether oxygens (including phenoxy) is 2. The number of anilines is 1. The lowest BCUT2D eigenvalue weighted by atomic mass is 10.2. The van der Waals surface area contributed by atoms with E-state index >= 15 is 0 Å². The van der Waals surface area contributed by atoms with Crippen molar-refractivity contribution in [1.29, 1.82) is 0 Å². The Morgan fingerprint density at radius 3 is 2.57 bits per heavy atom. The van der Waals surface area contributed by atoms with Gasteiger partial charge in [0.1, 0.15) is 16.8 Å². The first-order valence-electron chi connectivity index (χ1n) is 6.61. The van der Waals surface area contributed by atoms with E-state index in [-0.39, 0.29) is 16.5 Å². The lowest BCUT2D eigenvalue weighted by molar-refractivity contribution is 0.0581. The molecule has 0 spiro atoms. The molecule has 0 aliphatic heterocycles. The summed E-state index contributed by atoms with van der Waals surface area (Å²) in [6.07, 6.45) is 0.321. The van der Waals surface area contributed by atoms with Crippen molar-refractivity contribution in [2.75, 3.05) is 12.0 Å². The Balaban J connectivity index is 2.60. The third kappa shape index (κ3) is 3.31. The van der Waals surface area contributed by atoms with Gasteiger partial charge < -0.3 is 14.6 Å². The Hall–Kier alpha value is -2.48. The van der Waals surface area contributed by atoms with Crippen LogP contribution in [0.5, 0.6) is 5.75 Å². The number of imide groups is 1. The average molecular weight is 342 g/mol. The van der Waals surface area contributed by atoms with Gasteiger partial charge in [0.2, 0.25) is 0 Å². The number of fused-ring (bicyclic) bond motifs is 1. The van der Waals surface area contributed by atoms with Crippen LogP contribution in [0.15, 0.2) is 18.5 Å². The summed E-state index contributed by atoms with van der Waals surface area (Å²) in [6, 6.07) is 1.38. The van der Waals surface area contributed by atoms with E-state index in [9.17, 15) is 14.7 Å². The topological polar surface area (TPSA) is 93.4 Å². The number of methoxy groups -OCH3 is 1. The number of aromatic nitrogens is 2. The van der Waals surface area contributed by atoms with Crippen molar-refractivity contribution >= 4 is 35.0 Å². The molecule has 2 heterocycles. The lowest BCUT2D eigenvalue weighted by Gasteiger charge is -2.25. The summed E-state index contributed by atoms with van der Waals surface area (Å²) >= 11 is 6.05. The molecule has 0 aliphatic rings. The van der Waals surface area contributed by atoms with E-state index < -0.39 is 17.8 Å². The Labute approximate surface area is 137 Å². The minimum atomic E-state index is -1.50. The maximum atomic E-state index is 12.2. The molecule has 2 aromatic heterocycles. The molecule has 2 amide bonds. The molecule has 124 valence electrons. The molecular formula is C14H16ClN3O5. The highest BCUT2D eigenvalue weighted by molar-refractivity contribution is 6.34. The molecule has 9 heteroatoms. The monoisotopic (exact) mass is 341 g/mol. The molecule has 0 bridgehead atoms. The van der Waals surface area contributed by atoms with Gasteiger partial charge in [-0.1, -0.05) is 11.6 Å². The van der Waals surface area contributed by atoms with E-state index in [0.29, 0.717) is 10.4 Å². The smallest absolute Gasteiger partial charge is 0.424 e. The van der Waals surface area contributed by atoms with E-state index in [4.69, 9.17) is 21.1 Å². The number of pyridine rings is 1. The maximum Gasteiger partial charge on any atom is 0.424 e. The fourth-order valence-corrected chi connectivity index (χ4v) is 2.19. The number of carbonyl (C=O) groups excluding carboxylic acids is 1. The highest BCUT2D eigenvalue weighted by atomic mass is 35.5. The molecular weight excluding hydrogens is 326 g/mol. The minimum absolute atomic E-state index is 0.0100. The summed E-state index contributed by atoms with van der Waals surface area (Å²) in [7, 11) is 1.34. The van der Waals surface area contributed by atoms with Crippen LogP contribution in [0.25, 0.3) is 5.52 Å². The molecule has 0 saturated carbocycles. The van der Waals surface area contributed by atoms with Crippen molar-refractivity contribution in [2.24, 2.45) is 0 Å². The second-order valence-corrected chi connectivity index (χ2v) is 6.03. The highest BCUT2D eigenvalue weighted by Gasteiger charge is 2.32. The molecule has 2 aromatic rings. The number of carboxylic acid groups (broad SMARTS) is 1. The molecule has 2 rings (SSSR count). The van der Waals surface area contributed by atoms with Gasteiger partial charge in [-0.3, -0.25) is 0 Å². The molecule has 8 nitrogen and oxygen atoms in total. The van der Waals surface area contributed by atoms with Crippen LogP contribution < -0.4 is 9.64 Å². The van der Waals surface area contributed by atoms with Gasteiger partial charge in [-0.05, 0) is 26.8 Å². The maximum absolute atomic E-state index is 12.2. The highest BCUT2D eigenvalue weighted by Crippen LogP contribution is 2.36. The van der Waals surface area contributed by atoms with Gasteiger partial charge in [0, 0.05) is 6.20 Å². The van der Waals surface area contributed by atoms with Crippen molar-refractivity contribution < 1.29 is 24.2 Å². The number of halogens is 1. The molecule has 0 aliphatic carbocycles. The molecule has 0 atom stereocenters. The van der Waals surface area contributed by atoms with E-state index in [0.717, 1.165) is 0 Å². The van der Waals surface area contributed by atoms with Crippen molar-refractivity contribution in [3.63, 3.8) is 0 Å². The van der Waals surface area contributed by atoms with E-state index in [2.05, 4.69) is 5.10 Å². The first kappa shape index (κ1) is 16.9. The Kier molecular flexibility index (Phi) is 4.37. The van der Waals surface area contributed by atoms with Crippen LogP contribution in [-0.2, 0) is 4.74 Å². The number of hydrogen-bond acceptors (Lipinski definition) is 5. The van der Waals surface area contributed by atoms with Gasteiger partial charge >= 0.3 is 12.2 Å². The van der Waals surface area contributed by atoms with E-state index in [1.165, 1.54) is 30.1 Å². The van der Waals surface area contributed by atoms with Crippen molar-refractivity contribution in [2.45, 2.75) is 26.4 Å². The van der Waals surface area contributed by atoms with Crippen LogP contribution in [0.3, 0.4) is 0 Å². The Bertz CT molecular complexity index is 766. The number of carbonyl (C=O) groups is 2. The molecule has 0 unspecified atom stereocenters. The van der Waals surface area contributed by atoms with Crippen LogP contribution in [-0.4, -0.2) is 39.6 Å². The number of nitrogens with zero attached hydrogens (tertiary/aromatic N) is 3. The Morgan fingerprint density at radius 2 is 2.04 bits per heavy atom. The summed E-state index contributed by atoms with van der Waals surface area (Å²) in [5.41, 5.74) is -0.512. The molecule has 0 aromatic carbocycles. The van der Waals surface area contributed by atoms with Gasteiger partial charge in [0.05, 0.1) is 18.3 Å². The molecule has 0 saturated heterocycles. The average Bonchev–Trinajstić information content (AvgIpc) is 2.78.